The molecule has 8 heterocycles. The Morgan fingerprint density at radius 1 is 0.701 bits per heavy atom. The van der Waals surface area contributed by atoms with Gasteiger partial charge in [0.05, 0.1) is 22.8 Å². The maximum atomic E-state index is 14.6. The molecule has 4 fully saturated rings. The van der Waals surface area contributed by atoms with Crippen molar-refractivity contribution in [2.75, 3.05) is 59.7 Å². The number of aromatic nitrogens is 6. The number of rotatable bonds is 7. The smallest absolute Gasteiger partial charge is 0.322 e. The summed E-state index contributed by atoms with van der Waals surface area (Å²) in [6.07, 6.45) is 12.1. The first-order valence-corrected chi connectivity index (χ1v) is 33.3. The molecule has 0 aliphatic carbocycles. The Morgan fingerprint density at radius 3 is 1.69 bits per heavy atom. The number of anilines is 4. The fourth-order valence-corrected chi connectivity index (χ4v) is 13.9. The summed E-state index contributed by atoms with van der Waals surface area (Å²) in [5.41, 5.74) is 4.52. The molecule has 15 nitrogen and oxygen atoms in total. The summed E-state index contributed by atoms with van der Waals surface area (Å²) in [4.78, 5) is 49.6. The molecule has 3 N–H and O–H groups in total. The Kier molecular flexibility index (Phi) is 15.4. The van der Waals surface area contributed by atoms with Gasteiger partial charge in [0.25, 0.3) is 0 Å². The molecule has 19 heteroatoms. The van der Waals surface area contributed by atoms with Crippen LogP contribution < -0.4 is 24.0 Å². The van der Waals surface area contributed by atoms with Crippen LogP contribution in [0.3, 0.4) is 0 Å². The minimum atomic E-state index is -2.57. The van der Waals surface area contributed by atoms with Crippen LogP contribution in [0.4, 0.5) is 41.4 Å². The van der Waals surface area contributed by atoms with Crippen molar-refractivity contribution in [1.82, 2.24) is 39.0 Å². The van der Waals surface area contributed by atoms with Crippen LogP contribution in [0.25, 0.3) is 11.3 Å². The minimum absolute atomic E-state index is 0. The molecule has 358 valence electrons. The van der Waals surface area contributed by atoms with E-state index in [1.807, 2.05) is 47.6 Å². The molecule has 0 bridgehead atoms. The molecule has 4 aliphatic heterocycles. The molecule has 4 amide bonds. The van der Waals surface area contributed by atoms with Crippen LogP contribution in [0.1, 0.15) is 83.5 Å². The van der Waals surface area contributed by atoms with Gasteiger partial charge in [0.1, 0.15) is 17.3 Å². The van der Waals surface area contributed by atoms with Gasteiger partial charge in [-0.15, -0.1) is 0 Å². The van der Waals surface area contributed by atoms with Crippen molar-refractivity contribution in [2.24, 2.45) is 5.92 Å². The second-order valence-corrected chi connectivity index (χ2v) is 33.9. The average Bonchev–Trinajstić information content (AvgIpc) is 4.15. The van der Waals surface area contributed by atoms with E-state index in [1.165, 1.54) is 6.07 Å². The molecule has 4 saturated heterocycles. The number of benzene rings is 2. The Morgan fingerprint density at radius 2 is 1.21 bits per heavy atom. The normalized spacial score (nSPS) is 20.5. The van der Waals surface area contributed by atoms with Crippen LogP contribution in [0.15, 0.2) is 77.8 Å². The Labute approximate surface area is 403 Å². The van der Waals surface area contributed by atoms with E-state index in [0.29, 0.717) is 52.6 Å². The zero-order chi connectivity index (χ0) is 45.6. The van der Waals surface area contributed by atoms with E-state index in [9.17, 15) is 23.5 Å². The number of likely N-dealkylation sites (tertiary alicyclic amines) is 2. The number of hydrogen-bond donors (Lipinski definition) is 3. The first-order valence-electron chi connectivity index (χ1n) is 22.5. The van der Waals surface area contributed by atoms with Crippen LogP contribution in [0, 0.1) is 17.6 Å². The molecular formula is C48H63BrF2N12O3Sn. The van der Waals surface area contributed by atoms with Gasteiger partial charge >= 0.3 is 178 Å². The van der Waals surface area contributed by atoms with Crippen molar-refractivity contribution in [3.8, 4) is 0 Å². The van der Waals surface area contributed by atoms with Gasteiger partial charge < -0.3 is 20.2 Å². The molecule has 67 heavy (non-hydrogen) atoms. The van der Waals surface area contributed by atoms with Crippen molar-refractivity contribution in [2.45, 2.75) is 93.3 Å². The van der Waals surface area contributed by atoms with Crippen molar-refractivity contribution >= 4 is 84.3 Å². The van der Waals surface area contributed by atoms with E-state index in [4.69, 9.17) is 9.97 Å². The number of hydrogen-bond acceptors (Lipinski definition) is 9. The molecule has 0 spiro atoms. The summed E-state index contributed by atoms with van der Waals surface area (Å²) in [6, 6.07) is 14.6. The predicted octanol–water partition coefficient (Wildman–Crippen LogP) is 9.47. The fourth-order valence-electron chi connectivity index (χ4n) is 9.47. The molecule has 4 atom stereocenters. The third kappa shape index (κ3) is 10.6. The summed E-state index contributed by atoms with van der Waals surface area (Å²) in [7, 11) is 0. The van der Waals surface area contributed by atoms with E-state index in [2.05, 4.69) is 74.4 Å². The Hall–Kier alpha value is -5.08. The van der Waals surface area contributed by atoms with E-state index in [1.54, 1.807) is 32.4 Å². The molecule has 10 rings (SSSR count). The van der Waals surface area contributed by atoms with Crippen molar-refractivity contribution < 1.29 is 23.5 Å². The maximum absolute atomic E-state index is 14.6. The number of urea groups is 2. The second kappa shape index (κ2) is 20.6. The third-order valence-corrected chi connectivity index (χ3v) is 19.3. The van der Waals surface area contributed by atoms with Crippen LogP contribution in [-0.4, -0.2) is 120 Å². The van der Waals surface area contributed by atoms with Crippen molar-refractivity contribution in [3.63, 3.8) is 0 Å². The monoisotopic (exact) mass is 1090 g/mol. The van der Waals surface area contributed by atoms with Gasteiger partial charge in [-0.25, -0.2) is 18.7 Å². The number of β-amino-alcohol motifs (C(OH)–C–C–N with tert-alkyl or cyclic N) is 1. The van der Waals surface area contributed by atoms with Crippen LogP contribution in [0.2, 0.25) is 14.8 Å². The molecule has 0 radical (unpaired) electrons. The average molecular weight is 1090 g/mol. The van der Waals surface area contributed by atoms with Gasteiger partial charge in [0.2, 0.25) is 0 Å². The van der Waals surface area contributed by atoms with Gasteiger partial charge in [-0.3, -0.25) is 0 Å². The summed E-state index contributed by atoms with van der Waals surface area (Å²) in [5, 5.41) is 24.2. The van der Waals surface area contributed by atoms with Crippen LogP contribution >= 0.6 is 15.9 Å². The summed E-state index contributed by atoms with van der Waals surface area (Å²) >= 11 is 0.706. The predicted molar refractivity (Wildman–Crippen MR) is 267 cm³/mol. The second-order valence-electron chi connectivity index (χ2n) is 18.7. The zero-order valence-electron chi connectivity index (χ0n) is 37.1. The number of nitrogens with zero attached hydrogens (tertiary/aromatic N) is 10. The minimum Gasteiger partial charge on any atom is -0.391 e. The van der Waals surface area contributed by atoms with Crippen LogP contribution in [-0.2, 0) is 0 Å². The van der Waals surface area contributed by atoms with Gasteiger partial charge in [-0.2, -0.15) is 5.10 Å². The summed E-state index contributed by atoms with van der Waals surface area (Å²) in [5.74, 6) is 1.82. The van der Waals surface area contributed by atoms with Gasteiger partial charge in [-0.05, 0) is 71.3 Å². The summed E-state index contributed by atoms with van der Waals surface area (Å²) < 4.78 is 33.0. The maximum Gasteiger partial charge on any atom is 0.322 e. The molecule has 2 aromatic carbocycles. The fraction of sp³-hybridized carbons (Fsp3) is 0.458. The standard InChI is InChI=1S/C22H24FN6O.C21H22BrFN6O2.2CH4.3CH3.Sn/c1-15-8-11-27(14-15)22(30)25-18-13-24-29-12-9-20(26-21(18)29)28-10-2-3-19(28)16-4-6-17(23)7-5-16;22-15-10-13(3-4-16(15)23)18-2-1-7-28(18)19-6-9-29-20(26-19)17(11-24-29)25-21(31)27-8-5-14(30)12-27;;;;;;/h4-6,9,12-13,15,19H,2-3,8,10-11,14H2,1H3,(H,25,30);3-4,6,9-11,14,18,30H,1-2,5,7-8,12H2,(H,25,31);2*1H4;3*1H3;/t15-,19+;14-,18+;;;;;;/m00....../s1. The first-order chi connectivity index (χ1) is 31.2. The summed E-state index contributed by atoms with van der Waals surface area (Å²) in [6.45, 7) is 6.29. The molecule has 0 saturated carbocycles. The number of carbonyl (C=O) groups excluding carboxylic acids is 2. The van der Waals surface area contributed by atoms with Crippen LogP contribution in [0.5, 0.6) is 0 Å². The van der Waals surface area contributed by atoms with E-state index >= 15 is 0 Å². The number of amides is 4. The van der Waals surface area contributed by atoms with E-state index in [0.717, 1.165) is 84.6 Å². The van der Waals surface area contributed by atoms with Crippen molar-refractivity contribution in [1.29, 1.82) is 0 Å². The topological polar surface area (TPSA) is 152 Å². The number of aliphatic hydroxyl groups is 1. The number of halogens is 3. The number of nitrogens with one attached hydrogen (secondary N) is 2. The number of carbonyl (C=O) groups is 2. The number of fused-ring (bicyclic) bond motifs is 2. The first kappa shape index (κ1) is 49.8. The molecule has 6 aromatic rings. The SMILES string of the molecule is C.C.C[C@H]1CCN(C(=O)Nc2cnn3ccc(N4CCC[C@@H]4c4ccc(F)[c]([Sn]([CH3])([CH3])[CH3])c4)nc23)C1.O=C(Nc1cnn2ccc(N3CCC[C@@H]3c3ccc(F)c(Br)c3)nc12)N1CC[C@H](O)C1. The van der Waals surface area contributed by atoms with Crippen molar-refractivity contribution in [3.05, 3.63) is 101 Å². The van der Waals surface area contributed by atoms with Gasteiger partial charge in [-0.1, -0.05) is 27.8 Å². The Balaban J connectivity index is 0.000000194. The van der Waals surface area contributed by atoms with Gasteiger partial charge in [0.15, 0.2) is 5.65 Å². The van der Waals surface area contributed by atoms with Gasteiger partial charge in [0, 0.05) is 38.9 Å². The molecular weight excluding hydrogens is 1030 g/mol. The Bertz CT molecular complexity index is 2730. The largest absolute Gasteiger partial charge is 0.391 e. The quantitative estimate of drug-likeness (QED) is 0.133. The molecule has 0 unspecified atom stereocenters. The molecule has 4 aromatic heterocycles. The molecule has 4 aliphatic rings. The third-order valence-electron chi connectivity index (χ3n) is 13.0. The zero-order valence-corrected chi connectivity index (χ0v) is 41.5. The van der Waals surface area contributed by atoms with E-state index < -0.39 is 24.5 Å². The van der Waals surface area contributed by atoms with E-state index in [-0.39, 0.29) is 50.6 Å². The number of aliphatic hydroxyl groups excluding tert-OH is 1.